The highest BCUT2D eigenvalue weighted by molar-refractivity contribution is 5.54. The fourth-order valence-corrected chi connectivity index (χ4v) is 1.38. The molecule has 0 aliphatic heterocycles. The molecular weight excluding hydrogens is 212 g/mol. The molecule has 1 aromatic rings. The number of nitrogens with one attached hydrogen (secondary N) is 1. The summed E-state index contributed by atoms with van der Waals surface area (Å²) in [5.74, 6) is 0. The molecule has 0 fully saturated rings. The summed E-state index contributed by atoms with van der Waals surface area (Å²) >= 11 is 0. The zero-order valence-electron chi connectivity index (χ0n) is 9.94. The normalized spacial score (nSPS) is 9.24. The molecule has 4 nitrogen and oxygen atoms in total. The molecule has 0 spiro atoms. The summed E-state index contributed by atoms with van der Waals surface area (Å²) < 4.78 is 0. The quantitative estimate of drug-likeness (QED) is 0.798. The van der Waals surface area contributed by atoms with E-state index in [4.69, 9.17) is 10.5 Å². The molecule has 17 heavy (non-hydrogen) atoms. The second-order valence-electron chi connectivity index (χ2n) is 3.82. The van der Waals surface area contributed by atoms with Crippen LogP contribution >= 0.6 is 0 Å². The van der Waals surface area contributed by atoms with Crippen molar-refractivity contribution in [1.29, 1.82) is 10.5 Å². The van der Waals surface area contributed by atoms with Gasteiger partial charge < -0.3 is 10.2 Å². The van der Waals surface area contributed by atoms with E-state index in [9.17, 15) is 0 Å². The SMILES string of the molecule is CN(C)Cc1ccccc1NC=C(C#N)C#N. The second kappa shape index (κ2) is 6.32. The van der Waals surface area contributed by atoms with Crippen LogP contribution in [0.2, 0.25) is 0 Å². The Morgan fingerprint density at radius 2 is 1.94 bits per heavy atom. The summed E-state index contributed by atoms with van der Waals surface area (Å²) in [6.45, 7) is 0.797. The molecule has 4 heteroatoms. The lowest BCUT2D eigenvalue weighted by molar-refractivity contribution is 0.403. The summed E-state index contributed by atoms with van der Waals surface area (Å²) in [6.07, 6.45) is 1.43. The molecule has 0 radical (unpaired) electrons. The molecule has 0 amide bonds. The van der Waals surface area contributed by atoms with Gasteiger partial charge in [0.2, 0.25) is 0 Å². The molecule has 0 aliphatic carbocycles. The highest BCUT2D eigenvalue weighted by Crippen LogP contribution is 2.16. The van der Waals surface area contributed by atoms with Gasteiger partial charge in [-0.05, 0) is 25.7 Å². The fraction of sp³-hybridized carbons (Fsp3) is 0.231. The van der Waals surface area contributed by atoms with Crippen LogP contribution in [0.1, 0.15) is 5.56 Å². The molecular formula is C13H14N4. The first-order valence-electron chi connectivity index (χ1n) is 5.17. The van der Waals surface area contributed by atoms with Gasteiger partial charge in [-0.3, -0.25) is 0 Å². The van der Waals surface area contributed by atoms with Crippen LogP contribution in [0, 0.1) is 22.7 Å². The van der Waals surface area contributed by atoms with Gasteiger partial charge in [-0.15, -0.1) is 0 Å². The molecule has 0 unspecified atom stereocenters. The van der Waals surface area contributed by atoms with E-state index in [0.717, 1.165) is 17.8 Å². The largest absolute Gasteiger partial charge is 0.360 e. The Labute approximate surface area is 101 Å². The first-order chi connectivity index (χ1) is 8.17. The van der Waals surface area contributed by atoms with Gasteiger partial charge in [-0.1, -0.05) is 18.2 Å². The minimum absolute atomic E-state index is 0.0599. The number of nitriles is 2. The van der Waals surface area contributed by atoms with Crippen LogP contribution in [0.25, 0.3) is 0 Å². The van der Waals surface area contributed by atoms with Crippen LogP contribution in [-0.4, -0.2) is 19.0 Å². The summed E-state index contributed by atoms with van der Waals surface area (Å²) in [6, 6.07) is 11.4. The average Bonchev–Trinajstić information content (AvgIpc) is 2.31. The first-order valence-corrected chi connectivity index (χ1v) is 5.17. The fourth-order valence-electron chi connectivity index (χ4n) is 1.38. The molecule has 0 saturated heterocycles. The third-order valence-corrected chi connectivity index (χ3v) is 2.12. The van der Waals surface area contributed by atoms with Crippen molar-refractivity contribution in [2.75, 3.05) is 19.4 Å². The molecule has 86 valence electrons. The zero-order valence-corrected chi connectivity index (χ0v) is 9.94. The predicted octanol–water partition coefficient (Wildman–Crippen LogP) is 2.09. The van der Waals surface area contributed by atoms with E-state index in [1.165, 1.54) is 6.20 Å². The predicted molar refractivity (Wildman–Crippen MR) is 66.8 cm³/mol. The molecule has 1 rings (SSSR count). The summed E-state index contributed by atoms with van der Waals surface area (Å²) in [5.41, 5.74) is 2.08. The molecule has 0 atom stereocenters. The molecule has 0 heterocycles. The van der Waals surface area contributed by atoms with E-state index >= 15 is 0 Å². The van der Waals surface area contributed by atoms with Crippen LogP contribution in [0.4, 0.5) is 5.69 Å². The Kier molecular flexibility index (Phi) is 4.75. The minimum atomic E-state index is 0.0599. The standard InChI is InChI=1S/C13H14N4/c1-17(2)10-12-5-3-4-6-13(12)16-9-11(7-14)8-15/h3-6,9,16H,10H2,1-2H3. The van der Waals surface area contributed by atoms with E-state index < -0.39 is 0 Å². The molecule has 0 bridgehead atoms. The second-order valence-corrected chi connectivity index (χ2v) is 3.82. The third kappa shape index (κ3) is 3.98. The van der Waals surface area contributed by atoms with Gasteiger partial charge in [0, 0.05) is 18.4 Å². The Morgan fingerprint density at radius 3 is 2.53 bits per heavy atom. The van der Waals surface area contributed by atoms with Gasteiger partial charge in [0.25, 0.3) is 0 Å². The van der Waals surface area contributed by atoms with Crippen molar-refractivity contribution in [3.63, 3.8) is 0 Å². The van der Waals surface area contributed by atoms with E-state index in [-0.39, 0.29) is 5.57 Å². The smallest absolute Gasteiger partial charge is 0.145 e. The van der Waals surface area contributed by atoms with E-state index in [1.807, 2.05) is 50.5 Å². The van der Waals surface area contributed by atoms with Crippen molar-refractivity contribution in [2.24, 2.45) is 0 Å². The zero-order chi connectivity index (χ0) is 12.7. The van der Waals surface area contributed by atoms with Crippen LogP contribution in [0.5, 0.6) is 0 Å². The summed E-state index contributed by atoms with van der Waals surface area (Å²) in [5, 5.41) is 20.2. The Morgan fingerprint density at radius 1 is 1.29 bits per heavy atom. The number of anilines is 1. The number of hydrogen-bond donors (Lipinski definition) is 1. The van der Waals surface area contributed by atoms with Gasteiger partial charge in [0.1, 0.15) is 17.7 Å². The number of para-hydroxylation sites is 1. The number of allylic oxidation sites excluding steroid dienone is 1. The maximum Gasteiger partial charge on any atom is 0.145 e. The molecule has 0 aromatic heterocycles. The first kappa shape index (κ1) is 12.8. The van der Waals surface area contributed by atoms with Gasteiger partial charge in [-0.25, -0.2) is 0 Å². The van der Waals surface area contributed by atoms with Crippen LogP contribution in [0.3, 0.4) is 0 Å². The minimum Gasteiger partial charge on any atom is -0.360 e. The number of rotatable bonds is 4. The topological polar surface area (TPSA) is 62.9 Å². The third-order valence-electron chi connectivity index (χ3n) is 2.12. The highest BCUT2D eigenvalue weighted by atomic mass is 15.1. The van der Waals surface area contributed by atoms with Crippen molar-refractivity contribution in [1.82, 2.24) is 4.90 Å². The van der Waals surface area contributed by atoms with Crippen LogP contribution in [-0.2, 0) is 6.54 Å². The lowest BCUT2D eigenvalue weighted by Gasteiger charge is -2.13. The number of nitrogens with zero attached hydrogens (tertiary/aromatic N) is 3. The van der Waals surface area contributed by atoms with Gasteiger partial charge in [0.15, 0.2) is 0 Å². The van der Waals surface area contributed by atoms with Crippen molar-refractivity contribution in [3.05, 3.63) is 41.6 Å². The maximum absolute atomic E-state index is 8.63. The maximum atomic E-state index is 8.63. The van der Waals surface area contributed by atoms with E-state index in [1.54, 1.807) is 0 Å². The molecule has 0 aliphatic rings. The Hall–Kier alpha value is -2.30. The van der Waals surface area contributed by atoms with E-state index in [0.29, 0.717) is 0 Å². The van der Waals surface area contributed by atoms with Gasteiger partial charge >= 0.3 is 0 Å². The van der Waals surface area contributed by atoms with Crippen molar-refractivity contribution >= 4 is 5.69 Å². The van der Waals surface area contributed by atoms with Crippen LogP contribution in [0.15, 0.2) is 36.0 Å². The Bertz CT molecular complexity index is 473. The lowest BCUT2D eigenvalue weighted by Crippen LogP contribution is -2.11. The summed E-state index contributed by atoms with van der Waals surface area (Å²) in [7, 11) is 3.98. The molecule has 1 N–H and O–H groups in total. The van der Waals surface area contributed by atoms with Gasteiger partial charge in [0.05, 0.1) is 0 Å². The van der Waals surface area contributed by atoms with Crippen LogP contribution < -0.4 is 5.32 Å². The average molecular weight is 226 g/mol. The molecule has 0 saturated carbocycles. The highest BCUT2D eigenvalue weighted by Gasteiger charge is 2.01. The lowest BCUT2D eigenvalue weighted by atomic mass is 10.1. The number of benzene rings is 1. The van der Waals surface area contributed by atoms with Gasteiger partial charge in [-0.2, -0.15) is 10.5 Å². The van der Waals surface area contributed by atoms with Crippen molar-refractivity contribution in [2.45, 2.75) is 6.54 Å². The number of hydrogen-bond acceptors (Lipinski definition) is 4. The van der Waals surface area contributed by atoms with Crippen molar-refractivity contribution in [3.8, 4) is 12.1 Å². The monoisotopic (exact) mass is 226 g/mol. The van der Waals surface area contributed by atoms with E-state index in [2.05, 4.69) is 10.2 Å². The van der Waals surface area contributed by atoms with Crippen molar-refractivity contribution < 1.29 is 0 Å². The molecule has 1 aromatic carbocycles. The summed E-state index contributed by atoms with van der Waals surface area (Å²) in [4.78, 5) is 2.06. The Balaban J connectivity index is 2.89.